The molecule has 11 heteroatoms. The number of amides is 1. The number of halogens is 3. The van der Waals surface area contributed by atoms with Gasteiger partial charge in [0.25, 0.3) is 0 Å². The summed E-state index contributed by atoms with van der Waals surface area (Å²) in [6.45, 7) is 7.19. The van der Waals surface area contributed by atoms with E-state index in [2.05, 4.69) is 23.9 Å². The van der Waals surface area contributed by atoms with Crippen molar-refractivity contribution in [3.63, 3.8) is 0 Å². The molecule has 0 atom stereocenters. The van der Waals surface area contributed by atoms with Gasteiger partial charge in [-0.05, 0) is 45.1 Å². The number of aryl methyl sites for hydroxylation is 2. The number of anilines is 1. The highest BCUT2D eigenvalue weighted by molar-refractivity contribution is 5.94. The molecule has 8 nitrogen and oxygen atoms in total. The van der Waals surface area contributed by atoms with Crippen molar-refractivity contribution < 1.29 is 18.0 Å². The van der Waals surface area contributed by atoms with E-state index in [0.29, 0.717) is 37.5 Å². The minimum absolute atomic E-state index is 0.00848. The monoisotopic (exact) mass is 537 g/mol. The topological polar surface area (TPSA) is 73.8 Å². The van der Waals surface area contributed by atoms with Crippen LogP contribution in [0, 0.1) is 0 Å². The van der Waals surface area contributed by atoms with Crippen molar-refractivity contribution >= 4 is 11.7 Å². The van der Waals surface area contributed by atoms with Gasteiger partial charge in [-0.1, -0.05) is 24.3 Å². The van der Waals surface area contributed by atoms with Crippen LogP contribution in [0.4, 0.5) is 19.0 Å². The Kier molecular flexibility index (Phi) is 6.11. The van der Waals surface area contributed by atoms with Gasteiger partial charge >= 0.3 is 6.18 Å². The zero-order valence-corrected chi connectivity index (χ0v) is 22.1. The van der Waals surface area contributed by atoms with Crippen molar-refractivity contribution in [1.29, 1.82) is 0 Å². The molecule has 1 aliphatic carbocycles. The molecular weight excluding hydrogens is 507 g/mol. The van der Waals surface area contributed by atoms with Crippen LogP contribution in [0.25, 0.3) is 22.8 Å². The predicted molar refractivity (Wildman–Crippen MR) is 140 cm³/mol. The summed E-state index contributed by atoms with van der Waals surface area (Å²) in [7, 11) is 0. The maximum absolute atomic E-state index is 13.2. The molecule has 6 rings (SSSR count). The van der Waals surface area contributed by atoms with Gasteiger partial charge in [0, 0.05) is 42.4 Å². The maximum Gasteiger partial charge on any atom is 0.434 e. The van der Waals surface area contributed by atoms with Crippen molar-refractivity contribution in [2.75, 3.05) is 4.90 Å². The van der Waals surface area contributed by atoms with Crippen LogP contribution in [0.5, 0.6) is 0 Å². The van der Waals surface area contributed by atoms with Gasteiger partial charge in [0.2, 0.25) is 5.91 Å². The van der Waals surface area contributed by atoms with Gasteiger partial charge < -0.3 is 4.57 Å². The minimum atomic E-state index is -4.50. The second-order valence-electron chi connectivity index (χ2n) is 10.5. The summed E-state index contributed by atoms with van der Waals surface area (Å²) < 4.78 is 45.0. The maximum atomic E-state index is 13.2. The highest BCUT2D eigenvalue weighted by Crippen LogP contribution is 2.45. The summed E-state index contributed by atoms with van der Waals surface area (Å²) in [6, 6.07) is 9.33. The second-order valence-corrected chi connectivity index (χ2v) is 10.5. The molecule has 4 aromatic rings. The summed E-state index contributed by atoms with van der Waals surface area (Å²) in [5.41, 5.74) is 3.60. The van der Waals surface area contributed by atoms with Gasteiger partial charge in [0.1, 0.15) is 17.3 Å². The Morgan fingerprint density at radius 3 is 2.51 bits per heavy atom. The number of hydrogen-bond donors (Lipinski definition) is 0. The number of carbonyl (C=O) groups excluding carboxylic acids is 1. The van der Waals surface area contributed by atoms with Crippen molar-refractivity contribution in [2.45, 2.75) is 77.8 Å². The largest absolute Gasteiger partial charge is 0.434 e. The van der Waals surface area contributed by atoms with Crippen LogP contribution < -0.4 is 4.90 Å². The summed E-state index contributed by atoms with van der Waals surface area (Å²) in [5.74, 6) is 1.52. The third-order valence-electron chi connectivity index (χ3n) is 7.41. The van der Waals surface area contributed by atoms with E-state index in [1.165, 1.54) is 10.1 Å². The lowest BCUT2D eigenvalue weighted by Gasteiger charge is -2.27. The van der Waals surface area contributed by atoms with E-state index in [1.807, 2.05) is 33.8 Å². The van der Waals surface area contributed by atoms with Crippen molar-refractivity contribution in [3.05, 3.63) is 59.5 Å². The summed E-state index contributed by atoms with van der Waals surface area (Å²) in [4.78, 5) is 18.6. The van der Waals surface area contributed by atoms with Crippen molar-refractivity contribution in [1.82, 2.24) is 29.1 Å². The summed E-state index contributed by atoms with van der Waals surface area (Å²) in [5, 5.41) is 9.53. The molecule has 0 bridgehead atoms. The van der Waals surface area contributed by atoms with Gasteiger partial charge in [-0.15, -0.1) is 0 Å². The molecule has 4 heterocycles. The lowest BCUT2D eigenvalue weighted by Crippen LogP contribution is -2.36. The van der Waals surface area contributed by atoms with Crippen LogP contribution >= 0.6 is 0 Å². The molecule has 0 spiro atoms. The number of nitrogens with zero attached hydrogens (tertiary/aromatic N) is 7. The molecule has 1 amide bonds. The number of hydrogen-bond acceptors (Lipinski definition) is 4. The molecule has 1 aromatic carbocycles. The Morgan fingerprint density at radius 2 is 1.87 bits per heavy atom. The van der Waals surface area contributed by atoms with E-state index in [4.69, 9.17) is 5.10 Å². The Hall–Kier alpha value is -3.89. The summed E-state index contributed by atoms with van der Waals surface area (Å²) >= 11 is 0. The molecule has 2 aliphatic rings. The zero-order chi connectivity index (χ0) is 27.5. The van der Waals surface area contributed by atoms with Gasteiger partial charge in [0.15, 0.2) is 5.69 Å². The van der Waals surface area contributed by atoms with Gasteiger partial charge in [-0.2, -0.15) is 23.4 Å². The predicted octanol–water partition coefficient (Wildman–Crippen LogP) is 6.04. The van der Waals surface area contributed by atoms with E-state index in [-0.39, 0.29) is 17.8 Å². The van der Waals surface area contributed by atoms with E-state index in [0.717, 1.165) is 41.8 Å². The van der Waals surface area contributed by atoms with Gasteiger partial charge in [0.05, 0.1) is 25.0 Å². The lowest BCUT2D eigenvalue weighted by molar-refractivity contribution is -0.140. The van der Waals surface area contributed by atoms with Crippen LogP contribution in [0.15, 0.2) is 42.7 Å². The van der Waals surface area contributed by atoms with Gasteiger partial charge in [-0.25, -0.2) is 9.67 Å². The number of rotatable bonds is 7. The van der Waals surface area contributed by atoms with Crippen LogP contribution in [0.3, 0.4) is 0 Å². The van der Waals surface area contributed by atoms with E-state index in [1.54, 1.807) is 24.0 Å². The molecule has 0 radical (unpaired) electrons. The molecule has 3 aromatic heterocycles. The smallest absolute Gasteiger partial charge is 0.331 e. The lowest BCUT2D eigenvalue weighted by atomic mass is 10.1. The molecule has 1 saturated carbocycles. The first-order chi connectivity index (χ1) is 18.6. The third-order valence-corrected chi connectivity index (χ3v) is 7.41. The highest BCUT2D eigenvalue weighted by Gasteiger charge is 2.35. The van der Waals surface area contributed by atoms with Crippen LogP contribution in [0.1, 0.15) is 68.8 Å². The molecule has 1 fully saturated rings. The first-order valence-corrected chi connectivity index (χ1v) is 13.3. The molecule has 0 N–H and O–H groups in total. The number of carbonyl (C=O) groups is 1. The fraction of sp³-hybridized carbons (Fsp3) is 0.429. The first kappa shape index (κ1) is 25.4. The second kappa shape index (κ2) is 9.39. The molecule has 204 valence electrons. The Balaban J connectivity index is 1.29. The number of aromatic nitrogens is 6. The fourth-order valence-electron chi connectivity index (χ4n) is 5.23. The van der Waals surface area contributed by atoms with Crippen LogP contribution in [-0.2, 0) is 30.6 Å². The number of alkyl halides is 3. The molecular formula is C28H30F3N7O. The number of benzene rings is 1. The van der Waals surface area contributed by atoms with Gasteiger partial charge in [-0.3, -0.25) is 14.4 Å². The van der Waals surface area contributed by atoms with Crippen LogP contribution in [0.2, 0.25) is 0 Å². The Morgan fingerprint density at radius 1 is 1.13 bits per heavy atom. The average molecular weight is 538 g/mol. The third kappa shape index (κ3) is 4.63. The average Bonchev–Trinajstić information content (AvgIpc) is 3.30. The molecule has 0 unspecified atom stereocenters. The van der Waals surface area contributed by atoms with E-state index in [9.17, 15) is 18.0 Å². The SMILES string of the molecule is CCn1cc(C(F)(F)F)nc1-c1ccc(CN2C(=O)CCn3nc(-c4c(C5CC5)cnn4C(C)C)cc32)cc1. The number of fused-ring (bicyclic) bond motifs is 1. The van der Waals surface area contributed by atoms with Crippen molar-refractivity contribution in [3.8, 4) is 22.8 Å². The Labute approximate surface area is 224 Å². The molecule has 1 aliphatic heterocycles. The standard InChI is InChI=1S/C28H30F3N7O/c1-4-35-16-23(28(29,30)31)33-27(35)20-7-5-18(6-8-20)15-36-24-13-22(34-37(24)12-11-25(36)39)26-21(19-9-10-19)14-32-38(26)17(2)3/h5-8,13-14,16-17,19H,4,9-12,15H2,1-3H3. The number of imidazole rings is 1. The van der Waals surface area contributed by atoms with E-state index < -0.39 is 11.9 Å². The fourth-order valence-corrected chi connectivity index (χ4v) is 5.23. The Bertz CT molecular complexity index is 1500. The van der Waals surface area contributed by atoms with Crippen molar-refractivity contribution in [2.24, 2.45) is 0 Å². The highest BCUT2D eigenvalue weighted by atomic mass is 19.4. The van der Waals surface area contributed by atoms with E-state index >= 15 is 0 Å². The minimum Gasteiger partial charge on any atom is -0.331 e. The molecule has 0 saturated heterocycles. The zero-order valence-electron chi connectivity index (χ0n) is 22.1. The van der Waals surface area contributed by atoms with Crippen LogP contribution in [-0.4, -0.2) is 35.0 Å². The normalized spacial score (nSPS) is 15.9. The quantitative estimate of drug-likeness (QED) is 0.288. The summed E-state index contributed by atoms with van der Waals surface area (Å²) in [6.07, 6.45) is 1.14. The first-order valence-electron chi connectivity index (χ1n) is 13.3. The molecule has 39 heavy (non-hydrogen) atoms.